The highest BCUT2D eigenvalue weighted by atomic mass is 16.5. The van der Waals surface area contributed by atoms with Crippen LogP contribution in [-0.4, -0.2) is 42.4 Å². The molecule has 1 atom stereocenters. The molecule has 1 heterocycles. The maximum atomic E-state index is 12.4. The Bertz CT molecular complexity index is 637. The second-order valence-corrected chi connectivity index (χ2v) is 5.64. The summed E-state index contributed by atoms with van der Waals surface area (Å²) in [6, 6.07) is 7.15. The van der Waals surface area contributed by atoms with Crippen molar-refractivity contribution in [3.8, 4) is 0 Å². The molecule has 2 amide bonds. The van der Waals surface area contributed by atoms with Crippen LogP contribution in [0.15, 0.2) is 36.4 Å². The predicted octanol–water partition coefficient (Wildman–Crippen LogP) is 1.77. The number of nitrogens with zero attached hydrogens (tertiary/aromatic N) is 1. The van der Waals surface area contributed by atoms with Gasteiger partial charge in [-0.3, -0.25) is 14.4 Å². The SMILES string of the molecule is CCOC(=O)C1C=CCN(C(=O)Cc2ccc(NC(C)=O)cc2)C1. The summed E-state index contributed by atoms with van der Waals surface area (Å²) in [6.45, 7) is 4.38. The topological polar surface area (TPSA) is 75.7 Å². The van der Waals surface area contributed by atoms with Gasteiger partial charge in [0.25, 0.3) is 0 Å². The maximum absolute atomic E-state index is 12.4. The first-order valence-electron chi connectivity index (χ1n) is 7.97. The van der Waals surface area contributed by atoms with E-state index in [9.17, 15) is 14.4 Å². The van der Waals surface area contributed by atoms with Crippen LogP contribution in [0.2, 0.25) is 0 Å². The molecule has 0 radical (unpaired) electrons. The number of esters is 1. The van der Waals surface area contributed by atoms with Crippen molar-refractivity contribution in [2.24, 2.45) is 5.92 Å². The van der Waals surface area contributed by atoms with Gasteiger partial charge in [0.2, 0.25) is 11.8 Å². The summed E-state index contributed by atoms with van der Waals surface area (Å²) < 4.78 is 5.01. The molecular weight excluding hydrogens is 308 g/mol. The summed E-state index contributed by atoms with van der Waals surface area (Å²) in [5.41, 5.74) is 1.55. The predicted molar refractivity (Wildman–Crippen MR) is 90.3 cm³/mol. The van der Waals surface area contributed by atoms with E-state index in [0.29, 0.717) is 25.4 Å². The summed E-state index contributed by atoms with van der Waals surface area (Å²) in [5, 5.41) is 2.68. The Kier molecular flexibility index (Phi) is 6.12. The molecule has 6 heteroatoms. The van der Waals surface area contributed by atoms with E-state index in [-0.39, 0.29) is 24.2 Å². The molecule has 24 heavy (non-hydrogen) atoms. The van der Waals surface area contributed by atoms with E-state index in [0.717, 1.165) is 5.56 Å². The maximum Gasteiger partial charge on any atom is 0.314 e. The van der Waals surface area contributed by atoms with Gasteiger partial charge in [0, 0.05) is 25.7 Å². The number of carbonyl (C=O) groups excluding carboxylic acids is 3. The van der Waals surface area contributed by atoms with Gasteiger partial charge < -0.3 is 15.0 Å². The molecule has 1 aliphatic rings. The van der Waals surface area contributed by atoms with Crippen molar-refractivity contribution in [3.63, 3.8) is 0 Å². The van der Waals surface area contributed by atoms with Gasteiger partial charge in [0.05, 0.1) is 18.9 Å². The molecule has 0 aromatic heterocycles. The van der Waals surface area contributed by atoms with Crippen molar-refractivity contribution in [3.05, 3.63) is 42.0 Å². The monoisotopic (exact) mass is 330 g/mol. The molecule has 1 N–H and O–H groups in total. The van der Waals surface area contributed by atoms with Gasteiger partial charge in [-0.1, -0.05) is 24.3 Å². The van der Waals surface area contributed by atoms with Crippen molar-refractivity contribution in [2.75, 3.05) is 25.0 Å². The van der Waals surface area contributed by atoms with Crippen molar-refractivity contribution >= 4 is 23.5 Å². The van der Waals surface area contributed by atoms with Gasteiger partial charge in [-0.2, -0.15) is 0 Å². The fraction of sp³-hybridized carbons (Fsp3) is 0.389. The van der Waals surface area contributed by atoms with Gasteiger partial charge in [0.1, 0.15) is 0 Å². The lowest BCUT2D eigenvalue weighted by atomic mass is 10.0. The second-order valence-electron chi connectivity index (χ2n) is 5.64. The minimum atomic E-state index is -0.398. The fourth-order valence-electron chi connectivity index (χ4n) is 2.53. The zero-order valence-corrected chi connectivity index (χ0v) is 14.0. The van der Waals surface area contributed by atoms with Gasteiger partial charge in [0.15, 0.2) is 0 Å². The smallest absolute Gasteiger partial charge is 0.314 e. The summed E-state index contributed by atoms with van der Waals surface area (Å²) in [4.78, 5) is 36.9. The Morgan fingerprint density at radius 3 is 2.58 bits per heavy atom. The lowest BCUT2D eigenvalue weighted by molar-refractivity contribution is -0.147. The first-order chi connectivity index (χ1) is 11.5. The molecule has 128 valence electrons. The summed E-state index contributed by atoms with van der Waals surface area (Å²) in [5.74, 6) is -0.874. The third-order valence-corrected chi connectivity index (χ3v) is 3.68. The van der Waals surface area contributed by atoms with E-state index in [1.165, 1.54) is 6.92 Å². The average Bonchev–Trinajstić information content (AvgIpc) is 2.56. The molecule has 0 bridgehead atoms. The van der Waals surface area contributed by atoms with Crippen LogP contribution < -0.4 is 5.32 Å². The number of hydrogen-bond donors (Lipinski definition) is 1. The zero-order valence-electron chi connectivity index (χ0n) is 14.0. The molecule has 1 aromatic rings. The van der Waals surface area contributed by atoms with Gasteiger partial charge in [-0.15, -0.1) is 0 Å². The number of nitrogens with one attached hydrogen (secondary N) is 1. The Hall–Kier alpha value is -2.63. The first-order valence-corrected chi connectivity index (χ1v) is 7.97. The summed E-state index contributed by atoms with van der Waals surface area (Å²) in [7, 11) is 0. The van der Waals surface area contributed by atoms with Gasteiger partial charge >= 0.3 is 5.97 Å². The van der Waals surface area contributed by atoms with Crippen molar-refractivity contribution < 1.29 is 19.1 Å². The second kappa shape index (κ2) is 8.29. The van der Waals surface area contributed by atoms with Crippen LogP contribution in [0.3, 0.4) is 0 Å². The normalized spacial score (nSPS) is 16.6. The average molecular weight is 330 g/mol. The minimum absolute atomic E-state index is 0.0408. The number of hydrogen-bond acceptors (Lipinski definition) is 4. The lowest BCUT2D eigenvalue weighted by Crippen LogP contribution is -2.41. The Morgan fingerprint density at radius 2 is 1.96 bits per heavy atom. The van der Waals surface area contributed by atoms with Crippen LogP contribution in [-0.2, 0) is 25.5 Å². The Labute approximate surface area is 141 Å². The molecule has 0 spiro atoms. The van der Waals surface area contributed by atoms with Gasteiger partial charge in [-0.05, 0) is 24.6 Å². The number of rotatable bonds is 5. The minimum Gasteiger partial charge on any atom is -0.465 e. The van der Waals surface area contributed by atoms with E-state index in [4.69, 9.17) is 4.74 Å². The molecular formula is C18H22N2O4. The molecule has 1 aromatic carbocycles. The highest BCUT2D eigenvalue weighted by Gasteiger charge is 2.25. The largest absolute Gasteiger partial charge is 0.465 e. The number of carbonyl (C=O) groups is 3. The van der Waals surface area contributed by atoms with E-state index in [1.807, 2.05) is 18.2 Å². The van der Waals surface area contributed by atoms with Crippen LogP contribution >= 0.6 is 0 Å². The third-order valence-electron chi connectivity index (χ3n) is 3.68. The van der Waals surface area contributed by atoms with Crippen molar-refractivity contribution in [1.82, 2.24) is 4.90 Å². The van der Waals surface area contributed by atoms with E-state index in [2.05, 4.69) is 5.32 Å². The number of amides is 2. The standard InChI is InChI=1S/C18H22N2O4/c1-3-24-18(23)15-5-4-10-20(12-15)17(22)11-14-6-8-16(9-7-14)19-13(2)21/h4-9,15H,3,10-12H2,1-2H3,(H,19,21). The quantitative estimate of drug-likeness (QED) is 0.659. The summed E-state index contributed by atoms with van der Waals surface area (Å²) >= 11 is 0. The number of ether oxygens (including phenoxy) is 1. The molecule has 0 saturated carbocycles. The molecule has 1 aliphatic heterocycles. The lowest BCUT2D eigenvalue weighted by Gasteiger charge is -2.28. The van der Waals surface area contributed by atoms with Crippen LogP contribution in [0.25, 0.3) is 0 Å². The van der Waals surface area contributed by atoms with Crippen molar-refractivity contribution in [1.29, 1.82) is 0 Å². The van der Waals surface area contributed by atoms with Gasteiger partial charge in [-0.25, -0.2) is 0 Å². The molecule has 0 saturated heterocycles. The Balaban J connectivity index is 1.93. The summed E-state index contributed by atoms with van der Waals surface area (Å²) in [6.07, 6.45) is 3.87. The van der Waals surface area contributed by atoms with E-state index < -0.39 is 5.92 Å². The highest BCUT2D eigenvalue weighted by molar-refractivity contribution is 5.88. The molecule has 0 fully saturated rings. The van der Waals surface area contributed by atoms with Crippen LogP contribution in [0.1, 0.15) is 19.4 Å². The molecule has 6 nitrogen and oxygen atoms in total. The van der Waals surface area contributed by atoms with Crippen LogP contribution in [0.5, 0.6) is 0 Å². The number of anilines is 1. The van der Waals surface area contributed by atoms with Crippen molar-refractivity contribution in [2.45, 2.75) is 20.3 Å². The molecule has 2 rings (SSSR count). The highest BCUT2D eigenvalue weighted by Crippen LogP contribution is 2.15. The first kappa shape index (κ1) is 17.7. The fourth-order valence-corrected chi connectivity index (χ4v) is 2.53. The van der Waals surface area contributed by atoms with Crippen LogP contribution in [0.4, 0.5) is 5.69 Å². The zero-order chi connectivity index (χ0) is 17.5. The number of benzene rings is 1. The molecule has 0 aliphatic carbocycles. The Morgan fingerprint density at radius 1 is 1.25 bits per heavy atom. The van der Waals surface area contributed by atoms with Crippen LogP contribution in [0, 0.1) is 5.92 Å². The molecule has 1 unspecified atom stereocenters. The van der Waals surface area contributed by atoms with E-state index in [1.54, 1.807) is 30.0 Å². The third kappa shape index (κ3) is 4.94. The van der Waals surface area contributed by atoms with E-state index >= 15 is 0 Å².